The van der Waals surface area contributed by atoms with Crippen LogP contribution in [0.3, 0.4) is 0 Å². The van der Waals surface area contributed by atoms with Crippen LogP contribution >= 0.6 is 0 Å². The molecule has 0 aliphatic heterocycles. The Labute approximate surface area is 142 Å². The van der Waals surface area contributed by atoms with Crippen LogP contribution < -0.4 is 11.2 Å². The maximum atomic E-state index is 14.1. The van der Waals surface area contributed by atoms with E-state index in [1.54, 1.807) is 12.2 Å². The molecule has 0 saturated heterocycles. The highest BCUT2D eigenvalue weighted by Gasteiger charge is 2.12. The number of nitrogens with zero attached hydrogens (tertiary/aromatic N) is 1. The molecule has 6 heteroatoms. The quantitative estimate of drug-likeness (QED) is 0.826. The lowest BCUT2D eigenvalue weighted by atomic mass is 9.99. The smallest absolute Gasteiger partial charge is 0.225 e. The Hall–Kier alpha value is -3.33. The Morgan fingerprint density at radius 2 is 2.00 bits per heavy atom. The number of rotatable bonds is 2. The van der Waals surface area contributed by atoms with E-state index in [9.17, 15) is 18.7 Å². The summed E-state index contributed by atoms with van der Waals surface area (Å²) >= 11 is 0. The zero-order valence-corrected chi connectivity index (χ0v) is 13.1. The molecular weight excluding hydrogens is 326 g/mol. The minimum Gasteiger partial charge on any atom is -0.503 e. The summed E-state index contributed by atoms with van der Waals surface area (Å²) in [6.45, 7) is 0. The summed E-state index contributed by atoms with van der Waals surface area (Å²) in [5.41, 5.74) is 6.57. The minimum absolute atomic E-state index is 0.123. The van der Waals surface area contributed by atoms with Crippen molar-refractivity contribution in [2.75, 3.05) is 5.73 Å². The van der Waals surface area contributed by atoms with Gasteiger partial charge in [0.2, 0.25) is 5.43 Å². The van der Waals surface area contributed by atoms with Crippen molar-refractivity contribution < 1.29 is 13.9 Å². The first-order chi connectivity index (χ1) is 12.0. The molecule has 2 aromatic rings. The average Bonchev–Trinajstić information content (AvgIpc) is 2.52. The summed E-state index contributed by atoms with van der Waals surface area (Å²) in [5, 5.41) is 9.67. The minimum atomic E-state index is -0.691. The molecule has 1 aromatic carbocycles. The highest BCUT2D eigenvalue weighted by Crippen LogP contribution is 2.27. The van der Waals surface area contributed by atoms with Gasteiger partial charge in [0, 0.05) is 36.2 Å². The molecule has 0 atom stereocenters. The van der Waals surface area contributed by atoms with E-state index in [2.05, 4.69) is 11.8 Å². The van der Waals surface area contributed by atoms with E-state index in [-0.39, 0.29) is 17.8 Å². The van der Waals surface area contributed by atoms with E-state index >= 15 is 0 Å². The van der Waals surface area contributed by atoms with E-state index in [4.69, 9.17) is 5.73 Å². The number of nitrogen functional groups attached to an aromatic ring is 1. The largest absolute Gasteiger partial charge is 0.503 e. The Morgan fingerprint density at radius 3 is 2.76 bits per heavy atom. The third-order valence-corrected chi connectivity index (χ3v) is 3.76. The van der Waals surface area contributed by atoms with Crippen molar-refractivity contribution in [3.63, 3.8) is 0 Å². The molecule has 1 heterocycles. The Balaban J connectivity index is 2.15. The van der Waals surface area contributed by atoms with Crippen molar-refractivity contribution in [3.05, 3.63) is 70.0 Å². The van der Waals surface area contributed by atoms with E-state index in [0.717, 1.165) is 12.1 Å². The second-order valence-corrected chi connectivity index (χ2v) is 5.47. The highest BCUT2D eigenvalue weighted by atomic mass is 19.1. The van der Waals surface area contributed by atoms with Gasteiger partial charge >= 0.3 is 0 Å². The lowest BCUT2D eigenvalue weighted by Gasteiger charge is -2.15. The lowest BCUT2D eigenvalue weighted by molar-refractivity contribution is 0.466. The van der Waals surface area contributed by atoms with Gasteiger partial charge in [0.15, 0.2) is 5.75 Å². The molecule has 0 fully saturated rings. The van der Waals surface area contributed by atoms with Gasteiger partial charge in [-0.25, -0.2) is 8.78 Å². The van der Waals surface area contributed by atoms with Crippen LogP contribution in [0.25, 0.3) is 11.3 Å². The average molecular weight is 340 g/mol. The summed E-state index contributed by atoms with van der Waals surface area (Å²) in [6, 6.07) is 4.44. The van der Waals surface area contributed by atoms with Crippen molar-refractivity contribution in [1.29, 1.82) is 0 Å². The van der Waals surface area contributed by atoms with Gasteiger partial charge in [-0.1, -0.05) is 11.8 Å². The first-order valence-electron chi connectivity index (χ1n) is 7.49. The van der Waals surface area contributed by atoms with Crippen molar-refractivity contribution in [1.82, 2.24) is 4.57 Å². The van der Waals surface area contributed by atoms with E-state index in [1.807, 2.05) is 0 Å². The third kappa shape index (κ3) is 3.45. The van der Waals surface area contributed by atoms with Crippen LogP contribution in [0.4, 0.5) is 14.6 Å². The summed E-state index contributed by atoms with van der Waals surface area (Å²) in [4.78, 5) is 11.5. The Bertz CT molecular complexity index is 1020. The third-order valence-electron chi connectivity index (χ3n) is 3.76. The second-order valence-electron chi connectivity index (χ2n) is 5.47. The number of pyridine rings is 1. The van der Waals surface area contributed by atoms with Gasteiger partial charge in [0.1, 0.15) is 17.5 Å². The van der Waals surface area contributed by atoms with Gasteiger partial charge < -0.3 is 15.4 Å². The maximum Gasteiger partial charge on any atom is 0.225 e. The van der Waals surface area contributed by atoms with Crippen molar-refractivity contribution >= 4 is 17.1 Å². The van der Waals surface area contributed by atoms with Crippen LogP contribution in [0.2, 0.25) is 0 Å². The molecule has 0 spiro atoms. The monoisotopic (exact) mass is 340 g/mol. The van der Waals surface area contributed by atoms with Crippen molar-refractivity contribution in [3.8, 4) is 17.6 Å². The van der Waals surface area contributed by atoms with Gasteiger partial charge in [-0.15, -0.1) is 0 Å². The number of aromatic hydroxyl groups is 1. The van der Waals surface area contributed by atoms with Crippen LogP contribution in [0.1, 0.15) is 18.4 Å². The van der Waals surface area contributed by atoms with E-state index in [1.165, 1.54) is 22.9 Å². The SMILES string of the molecule is Nc1cc(=O)c(O)cn1C1=C/CC#CC/C(c2ccc(F)cc2F)=C\1. The zero-order valence-electron chi connectivity index (χ0n) is 13.1. The number of halogens is 2. The molecule has 1 aliphatic rings. The summed E-state index contributed by atoms with van der Waals surface area (Å²) in [6.07, 6.45) is 5.30. The molecule has 3 rings (SSSR count). The van der Waals surface area contributed by atoms with Crippen LogP contribution in [0.15, 0.2) is 47.4 Å². The fraction of sp³-hybridized carbons (Fsp3) is 0.105. The molecule has 0 saturated carbocycles. The van der Waals surface area contributed by atoms with Crippen LogP contribution in [0, 0.1) is 23.5 Å². The molecule has 126 valence electrons. The molecule has 0 amide bonds. The summed E-state index contributed by atoms with van der Waals surface area (Å²) in [7, 11) is 0. The Morgan fingerprint density at radius 1 is 1.20 bits per heavy atom. The van der Waals surface area contributed by atoms with Gasteiger partial charge in [0.25, 0.3) is 0 Å². The number of hydrogen-bond acceptors (Lipinski definition) is 3. The molecule has 1 aromatic heterocycles. The number of nitrogens with two attached hydrogens (primary N) is 1. The Kier molecular flexibility index (Phi) is 4.40. The predicted octanol–water partition coefficient (Wildman–Crippen LogP) is 3.14. The molecule has 0 radical (unpaired) electrons. The molecular formula is C19H14F2N2O2. The van der Waals surface area contributed by atoms with Crippen molar-refractivity contribution in [2.24, 2.45) is 0 Å². The topological polar surface area (TPSA) is 68.2 Å². The van der Waals surface area contributed by atoms with E-state index < -0.39 is 22.8 Å². The maximum absolute atomic E-state index is 14.1. The molecule has 1 aliphatic carbocycles. The van der Waals surface area contributed by atoms with Crippen LogP contribution in [-0.2, 0) is 0 Å². The standard InChI is InChI=1S/C19H14F2N2O2/c20-13-6-7-15(16(21)9-13)12-4-2-1-3-5-14(8-12)23-11-18(25)17(24)10-19(23)22/h5-11,25H,3-4,22H2/b12-8+,14-5+. The number of hydrogen-bond donors (Lipinski definition) is 2. The summed E-state index contributed by atoms with van der Waals surface area (Å²) < 4.78 is 28.7. The normalized spacial score (nSPS) is 18.0. The lowest BCUT2D eigenvalue weighted by Crippen LogP contribution is -2.11. The summed E-state index contributed by atoms with van der Waals surface area (Å²) in [5.74, 6) is 4.16. The first kappa shape index (κ1) is 16.5. The van der Waals surface area contributed by atoms with Crippen molar-refractivity contribution in [2.45, 2.75) is 12.8 Å². The highest BCUT2D eigenvalue weighted by molar-refractivity contribution is 5.79. The number of aromatic nitrogens is 1. The van der Waals surface area contributed by atoms with Gasteiger partial charge in [-0.2, -0.15) is 0 Å². The van der Waals surface area contributed by atoms with E-state index in [0.29, 0.717) is 17.7 Å². The fourth-order valence-corrected chi connectivity index (χ4v) is 2.53. The predicted molar refractivity (Wildman–Crippen MR) is 92.4 cm³/mol. The van der Waals surface area contributed by atoms with Crippen LogP contribution in [0.5, 0.6) is 5.75 Å². The van der Waals surface area contributed by atoms with Gasteiger partial charge in [-0.05, 0) is 29.9 Å². The van der Waals surface area contributed by atoms with Gasteiger partial charge in [-0.3, -0.25) is 4.79 Å². The molecule has 0 unspecified atom stereocenters. The number of allylic oxidation sites excluding steroid dienone is 4. The zero-order chi connectivity index (χ0) is 18.0. The molecule has 4 nitrogen and oxygen atoms in total. The number of benzene rings is 1. The number of anilines is 1. The molecule has 3 N–H and O–H groups in total. The molecule has 25 heavy (non-hydrogen) atoms. The molecule has 0 bridgehead atoms. The fourth-order valence-electron chi connectivity index (χ4n) is 2.53. The second kappa shape index (κ2) is 6.65. The van der Waals surface area contributed by atoms with Crippen LogP contribution in [-0.4, -0.2) is 9.67 Å². The first-order valence-corrected chi connectivity index (χ1v) is 7.49. The van der Waals surface area contributed by atoms with Gasteiger partial charge in [0.05, 0.1) is 6.20 Å².